The van der Waals surface area contributed by atoms with E-state index in [0.717, 1.165) is 48.0 Å². The molecular weight excluding hydrogens is 352 g/mol. The lowest BCUT2D eigenvalue weighted by atomic mass is 10.0. The molecule has 7 nitrogen and oxygen atoms in total. The van der Waals surface area contributed by atoms with Crippen molar-refractivity contribution < 1.29 is 14.3 Å². The van der Waals surface area contributed by atoms with Gasteiger partial charge >= 0.3 is 0 Å². The van der Waals surface area contributed by atoms with Gasteiger partial charge in [-0.1, -0.05) is 17.8 Å². The van der Waals surface area contributed by atoms with Crippen LogP contribution in [0.3, 0.4) is 0 Å². The number of ether oxygens (including phenoxy) is 2. The quantitative estimate of drug-likeness (QED) is 0.766. The second-order valence-electron chi connectivity index (χ2n) is 6.51. The molecular formula is C18H22N4O3S. The average Bonchev–Trinajstić information content (AvgIpc) is 3.23. The monoisotopic (exact) mass is 374 g/mol. The van der Waals surface area contributed by atoms with Crippen LogP contribution >= 0.6 is 11.8 Å². The van der Waals surface area contributed by atoms with E-state index in [2.05, 4.69) is 16.3 Å². The molecule has 0 N–H and O–H groups in total. The first-order valence-electron chi connectivity index (χ1n) is 8.88. The molecule has 0 radical (unpaired) electrons. The maximum atomic E-state index is 12.8. The number of carbonyl (C=O) groups is 1. The van der Waals surface area contributed by atoms with Crippen LogP contribution in [0.5, 0.6) is 11.5 Å². The van der Waals surface area contributed by atoms with E-state index in [1.807, 2.05) is 28.6 Å². The maximum absolute atomic E-state index is 12.8. The highest BCUT2D eigenvalue weighted by atomic mass is 32.2. The number of likely N-dealkylation sites (tertiary alicyclic amines) is 1. The largest absolute Gasteiger partial charge is 0.490 e. The third kappa shape index (κ3) is 3.51. The maximum Gasteiger partial charge on any atom is 0.233 e. The van der Waals surface area contributed by atoms with Crippen molar-refractivity contribution in [2.24, 2.45) is 7.05 Å². The Bertz CT molecular complexity index is 794. The Hall–Kier alpha value is -2.22. The van der Waals surface area contributed by atoms with E-state index in [9.17, 15) is 4.79 Å². The lowest BCUT2D eigenvalue weighted by Crippen LogP contribution is -2.32. The molecule has 2 aromatic rings. The zero-order chi connectivity index (χ0) is 17.9. The highest BCUT2D eigenvalue weighted by Gasteiger charge is 2.30. The fourth-order valence-corrected chi connectivity index (χ4v) is 4.19. The summed E-state index contributed by atoms with van der Waals surface area (Å²) < 4.78 is 13.3. The first-order chi connectivity index (χ1) is 12.7. The van der Waals surface area contributed by atoms with Crippen molar-refractivity contribution in [3.63, 3.8) is 0 Å². The molecule has 2 aliphatic rings. The van der Waals surface area contributed by atoms with Gasteiger partial charge < -0.3 is 18.9 Å². The highest BCUT2D eigenvalue weighted by molar-refractivity contribution is 7.99. The number of thioether (sulfide) groups is 1. The van der Waals surface area contributed by atoms with E-state index in [1.165, 1.54) is 11.8 Å². The van der Waals surface area contributed by atoms with E-state index in [4.69, 9.17) is 9.47 Å². The molecule has 1 aromatic carbocycles. The summed E-state index contributed by atoms with van der Waals surface area (Å²) in [6, 6.07) is 6.15. The molecule has 8 heteroatoms. The van der Waals surface area contributed by atoms with Crippen molar-refractivity contribution in [3.8, 4) is 11.5 Å². The smallest absolute Gasteiger partial charge is 0.233 e. The second kappa shape index (κ2) is 7.57. The minimum absolute atomic E-state index is 0.0970. The first kappa shape index (κ1) is 17.2. The third-order valence-electron chi connectivity index (χ3n) is 4.72. The van der Waals surface area contributed by atoms with Crippen LogP contribution in [0, 0.1) is 0 Å². The van der Waals surface area contributed by atoms with Gasteiger partial charge in [-0.2, -0.15) is 0 Å². The van der Waals surface area contributed by atoms with Crippen molar-refractivity contribution in [2.75, 3.05) is 25.5 Å². The molecule has 0 aliphatic carbocycles. The van der Waals surface area contributed by atoms with Crippen LogP contribution in [0.1, 0.15) is 30.9 Å². The van der Waals surface area contributed by atoms with Gasteiger partial charge in [0.2, 0.25) is 5.91 Å². The number of carbonyl (C=O) groups excluding carboxylic acids is 1. The van der Waals surface area contributed by atoms with Crippen LogP contribution in [0.25, 0.3) is 0 Å². The van der Waals surface area contributed by atoms with E-state index in [-0.39, 0.29) is 11.9 Å². The summed E-state index contributed by atoms with van der Waals surface area (Å²) in [5.74, 6) is 2.08. The van der Waals surface area contributed by atoms with Crippen LogP contribution in [-0.2, 0) is 11.8 Å². The number of aryl methyl sites for hydroxylation is 1. The number of nitrogens with zero attached hydrogens (tertiary/aromatic N) is 4. The zero-order valence-electron chi connectivity index (χ0n) is 14.8. The summed E-state index contributed by atoms with van der Waals surface area (Å²) in [5.41, 5.74) is 1.11. The Morgan fingerprint density at radius 2 is 2.12 bits per heavy atom. The molecule has 0 spiro atoms. The van der Waals surface area contributed by atoms with Gasteiger partial charge in [-0.25, -0.2) is 0 Å². The van der Waals surface area contributed by atoms with E-state index in [1.54, 1.807) is 6.33 Å². The summed E-state index contributed by atoms with van der Waals surface area (Å²) in [6.07, 6.45) is 4.51. The van der Waals surface area contributed by atoms with Gasteiger partial charge in [-0.15, -0.1) is 10.2 Å². The van der Waals surface area contributed by atoms with Gasteiger partial charge in [0.25, 0.3) is 0 Å². The van der Waals surface area contributed by atoms with E-state index >= 15 is 0 Å². The number of fused-ring (bicyclic) bond motifs is 1. The van der Waals surface area contributed by atoms with Gasteiger partial charge in [0.05, 0.1) is 25.0 Å². The number of hydrogen-bond acceptors (Lipinski definition) is 6. The van der Waals surface area contributed by atoms with Gasteiger partial charge in [-0.3, -0.25) is 4.79 Å². The van der Waals surface area contributed by atoms with Crippen molar-refractivity contribution >= 4 is 17.7 Å². The minimum Gasteiger partial charge on any atom is -0.490 e. The van der Waals surface area contributed by atoms with Crippen LogP contribution < -0.4 is 9.47 Å². The summed E-state index contributed by atoms with van der Waals surface area (Å²) in [7, 11) is 1.88. The standard InChI is InChI=1S/C18H22N4O3S/c1-21-12-19-20-18(21)26-11-17(23)22-7-2-4-14(22)13-5-6-15-16(10-13)25-9-3-8-24-15/h5-6,10,12,14H,2-4,7-9,11H2,1H3/t14-/m0/s1. The van der Waals surface area contributed by atoms with Crippen molar-refractivity contribution in [2.45, 2.75) is 30.5 Å². The van der Waals surface area contributed by atoms with Crippen LogP contribution in [0.15, 0.2) is 29.7 Å². The molecule has 1 amide bonds. The van der Waals surface area contributed by atoms with Crippen molar-refractivity contribution in [1.82, 2.24) is 19.7 Å². The van der Waals surface area contributed by atoms with Gasteiger partial charge in [0.15, 0.2) is 16.7 Å². The molecule has 3 heterocycles. The number of amides is 1. The minimum atomic E-state index is 0.0970. The number of aromatic nitrogens is 3. The molecule has 1 saturated heterocycles. The molecule has 0 bridgehead atoms. The number of benzene rings is 1. The van der Waals surface area contributed by atoms with Gasteiger partial charge in [-0.05, 0) is 30.5 Å². The molecule has 1 fully saturated rings. The fraction of sp³-hybridized carbons (Fsp3) is 0.500. The van der Waals surface area contributed by atoms with Gasteiger partial charge in [0, 0.05) is 20.0 Å². The average molecular weight is 374 g/mol. The van der Waals surface area contributed by atoms with Gasteiger partial charge in [0.1, 0.15) is 6.33 Å². The van der Waals surface area contributed by atoms with E-state index in [0.29, 0.717) is 19.0 Å². The summed E-state index contributed by atoms with van der Waals surface area (Å²) >= 11 is 1.42. The SMILES string of the molecule is Cn1cnnc1SCC(=O)N1CCC[C@H]1c1ccc2c(c1)OCCCO2. The van der Waals surface area contributed by atoms with Crippen LogP contribution in [0.4, 0.5) is 0 Å². The highest BCUT2D eigenvalue weighted by Crippen LogP contribution is 2.38. The second-order valence-corrected chi connectivity index (χ2v) is 7.46. The Kier molecular flexibility index (Phi) is 5.01. The molecule has 0 unspecified atom stereocenters. The lowest BCUT2D eigenvalue weighted by molar-refractivity contribution is -0.129. The number of hydrogen-bond donors (Lipinski definition) is 0. The summed E-state index contributed by atoms with van der Waals surface area (Å²) in [6.45, 7) is 2.13. The third-order valence-corrected chi connectivity index (χ3v) is 5.74. The fourth-order valence-electron chi connectivity index (χ4n) is 3.41. The topological polar surface area (TPSA) is 69.5 Å². The van der Waals surface area contributed by atoms with Crippen LogP contribution in [-0.4, -0.2) is 51.1 Å². The summed E-state index contributed by atoms with van der Waals surface area (Å²) in [4.78, 5) is 14.7. The normalized spacial score (nSPS) is 19.4. The Balaban J connectivity index is 1.47. The molecule has 0 saturated carbocycles. The predicted octanol–water partition coefficient (Wildman–Crippen LogP) is 2.43. The molecule has 1 atom stereocenters. The summed E-state index contributed by atoms with van der Waals surface area (Å²) in [5, 5.41) is 8.63. The Morgan fingerprint density at radius 1 is 1.27 bits per heavy atom. The molecule has 138 valence electrons. The number of rotatable bonds is 4. The lowest BCUT2D eigenvalue weighted by Gasteiger charge is -2.25. The van der Waals surface area contributed by atoms with Crippen LogP contribution in [0.2, 0.25) is 0 Å². The molecule has 1 aromatic heterocycles. The molecule has 2 aliphatic heterocycles. The predicted molar refractivity (Wildman–Crippen MR) is 97.5 cm³/mol. The first-order valence-corrected chi connectivity index (χ1v) is 9.87. The Labute approximate surface area is 156 Å². The molecule has 26 heavy (non-hydrogen) atoms. The van der Waals surface area contributed by atoms with Crippen molar-refractivity contribution in [3.05, 3.63) is 30.1 Å². The Morgan fingerprint density at radius 3 is 2.92 bits per heavy atom. The molecule has 4 rings (SSSR count). The zero-order valence-corrected chi connectivity index (χ0v) is 15.6. The van der Waals surface area contributed by atoms with Crippen molar-refractivity contribution in [1.29, 1.82) is 0 Å². The van der Waals surface area contributed by atoms with E-state index < -0.39 is 0 Å².